The summed E-state index contributed by atoms with van der Waals surface area (Å²) >= 11 is 1.47. The molecule has 0 saturated carbocycles. The number of hydrogen-bond donors (Lipinski definition) is 4. The normalized spacial score (nSPS) is 13.7. The van der Waals surface area contributed by atoms with Gasteiger partial charge in [0.15, 0.2) is 0 Å². The van der Waals surface area contributed by atoms with Gasteiger partial charge in [-0.2, -0.15) is 11.8 Å². The van der Waals surface area contributed by atoms with Crippen LogP contribution in [0.15, 0.2) is 0 Å². The molecule has 0 aromatic rings. The minimum Gasteiger partial charge on any atom is -0.480 e. The summed E-state index contributed by atoms with van der Waals surface area (Å²) in [4.78, 5) is 45.7. The predicted octanol–water partition coefficient (Wildman–Crippen LogP) is -0.0998. The summed E-state index contributed by atoms with van der Waals surface area (Å²) in [6, 6.07) is -1.56. The first-order valence-electron chi connectivity index (χ1n) is 7.61. The van der Waals surface area contributed by atoms with Crippen molar-refractivity contribution in [3.63, 3.8) is 0 Å². The van der Waals surface area contributed by atoms with Gasteiger partial charge >= 0.3 is 5.97 Å². The van der Waals surface area contributed by atoms with Crippen LogP contribution in [0.4, 0.5) is 0 Å². The number of carbonyl (C=O) groups is 4. The van der Waals surface area contributed by atoms with Gasteiger partial charge in [0, 0.05) is 16.9 Å². The molecule has 0 aliphatic heterocycles. The quantitative estimate of drug-likeness (QED) is 0.426. The van der Waals surface area contributed by atoms with Crippen molar-refractivity contribution in [1.29, 1.82) is 0 Å². The van der Waals surface area contributed by atoms with Gasteiger partial charge in [0.1, 0.15) is 18.4 Å². The molecule has 0 aliphatic rings. The van der Waals surface area contributed by atoms with E-state index in [0.29, 0.717) is 5.75 Å². The van der Waals surface area contributed by atoms with Crippen LogP contribution in [0, 0.1) is 0 Å². The second-order valence-corrected chi connectivity index (χ2v) is 8.26. The maximum Gasteiger partial charge on any atom is 0.322 e. The molecule has 0 unspecified atom stereocenters. The number of rotatable bonds is 10. The highest BCUT2D eigenvalue weighted by Gasteiger charge is 2.24. The Morgan fingerprint density at radius 1 is 1.21 bits per heavy atom. The first kappa shape index (κ1) is 22.4. The highest BCUT2D eigenvalue weighted by molar-refractivity contribution is 8.00. The highest BCUT2D eigenvalue weighted by atomic mass is 32.2. The van der Waals surface area contributed by atoms with Crippen molar-refractivity contribution in [2.75, 3.05) is 12.3 Å². The molecule has 0 radical (unpaired) electrons. The molecule has 0 heterocycles. The lowest BCUT2D eigenvalue weighted by Crippen LogP contribution is -2.50. The van der Waals surface area contributed by atoms with Gasteiger partial charge in [0.2, 0.25) is 11.8 Å². The monoisotopic (exact) mass is 361 g/mol. The molecule has 0 aromatic carbocycles. The van der Waals surface area contributed by atoms with Crippen molar-refractivity contribution in [1.82, 2.24) is 10.6 Å². The summed E-state index contributed by atoms with van der Waals surface area (Å²) in [6.45, 7) is 6.75. The molecule has 0 rings (SSSR count). The second kappa shape index (κ2) is 10.3. The zero-order valence-electron chi connectivity index (χ0n) is 14.5. The topological polar surface area (TPSA) is 139 Å². The average molecular weight is 361 g/mol. The van der Waals surface area contributed by atoms with Gasteiger partial charge in [-0.1, -0.05) is 20.8 Å². The number of thioether (sulfide) groups is 1. The zero-order valence-corrected chi connectivity index (χ0v) is 15.4. The van der Waals surface area contributed by atoms with Gasteiger partial charge in [0.05, 0.1) is 6.04 Å². The molecule has 0 saturated heterocycles. The molecule has 0 fully saturated rings. The van der Waals surface area contributed by atoms with Crippen molar-refractivity contribution in [2.45, 2.75) is 57.4 Å². The Labute approximate surface area is 146 Å². The van der Waals surface area contributed by atoms with Crippen molar-refractivity contribution in [3.05, 3.63) is 0 Å². The average Bonchev–Trinajstić information content (AvgIpc) is 2.45. The van der Waals surface area contributed by atoms with E-state index < -0.39 is 36.4 Å². The summed E-state index contributed by atoms with van der Waals surface area (Å²) in [5, 5.41) is 13.5. The van der Waals surface area contributed by atoms with E-state index in [1.165, 1.54) is 18.7 Å². The molecule has 8 nitrogen and oxygen atoms in total. The first-order chi connectivity index (χ1) is 10.9. The van der Waals surface area contributed by atoms with Crippen molar-refractivity contribution >= 4 is 35.3 Å². The Bertz CT molecular complexity index is 476. The Balaban J connectivity index is 4.67. The third-order valence-electron chi connectivity index (χ3n) is 2.95. The number of carboxylic acids is 1. The molecule has 24 heavy (non-hydrogen) atoms. The van der Waals surface area contributed by atoms with E-state index in [1.54, 1.807) is 0 Å². The van der Waals surface area contributed by atoms with Gasteiger partial charge in [-0.05, 0) is 13.3 Å². The van der Waals surface area contributed by atoms with E-state index in [2.05, 4.69) is 10.6 Å². The van der Waals surface area contributed by atoms with Gasteiger partial charge in [-0.25, -0.2) is 0 Å². The molecule has 0 spiro atoms. The molecule has 0 aliphatic carbocycles. The number of aliphatic carboxylic acids is 1. The third kappa shape index (κ3) is 11.0. The minimum absolute atomic E-state index is 0.0175. The van der Waals surface area contributed by atoms with Crippen LogP contribution in [-0.2, 0) is 19.2 Å². The Morgan fingerprint density at radius 2 is 1.79 bits per heavy atom. The second-order valence-electron chi connectivity index (χ2n) is 6.41. The SMILES string of the molecule is CC(=O)[C@@H](N)CCC(=O)N[C@@H](CSC(C)(C)C)C(=O)NCC(=O)O. The number of amides is 2. The summed E-state index contributed by atoms with van der Waals surface area (Å²) in [5.41, 5.74) is 5.57. The van der Waals surface area contributed by atoms with E-state index >= 15 is 0 Å². The third-order valence-corrected chi connectivity index (χ3v) is 4.32. The lowest BCUT2D eigenvalue weighted by molar-refractivity contribution is -0.138. The van der Waals surface area contributed by atoms with Crippen LogP contribution in [0.1, 0.15) is 40.5 Å². The molecule has 138 valence electrons. The maximum atomic E-state index is 12.1. The van der Waals surface area contributed by atoms with Crippen LogP contribution in [0.3, 0.4) is 0 Å². The van der Waals surface area contributed by atoms with Crippen LogP contribution in [0.5, 0.6) is 0 Å². The molecule has 9 heteroatoms. The van der Waals surface area contributed by atoms with E-state index in [0.717, 1.165) is 0 Å². The fraction of sp³-hybridized carbons (Fsp3) is 0.733. The number of Topliss-reactive ketones (excluding diaryl/α,β-unsaturated/α-hetero) is 1. The largest absolute Gasteiger partial charge is 0.480 e. The van der Waals surface area contributed by atoms with Gasteiger partial charge in [-0.3, -0.25) is 19.2 Å². The number of nitrogens with one attached hydrogen (secondary N) is 2. The predicted molar refractivity (Wildman–Crippen MR) is 92.7 cm³/mol. The first-order valence-corrected chi connectivity index (χ1v) is 8.60. The summed E-state index contributed by atoms with van der Waals surface area (Å²) in [7, 11) is 0. The van der Waals surface area contributed by atoms with E-state index in [4.69, 9.17) is 10.8 Å². The van der Waals surface area contributed by atoms with Crippen molar-refractivity contribution < 1.29 is 24.3 Å². The van der Waals surface area contributed by atoms with Gasteiger partial charge in [0.25, 0.3) is 0 Å². The number of carboxylic acid groups (broad SMARTS) is 1. The smallest absolute Gasteiger partial charge is 0.322 e. The zero-order chi connectivity index (χ0) is 18.9. The summed E-state index contributed by atoms with van der Waals surface area (Å²) in [6.07, 6.45) is 0.209. The lowest BCUT2D eigenvalue weighted by atomic mass is 10.1. The van der Waals surface area contributed by atoms with E-state index in [9.17, 15) is 19.2 Å². The van der Waals surface area contributed by atoms with Crippen LogP contribution < -0.4 is 16.4 Å². The fourth-order valence-corrected chi connectivity index (χ4v) is 2.46. The molecular weight excluding hydrogens is 334 g/mol. The highest BCUT2D eigenvalue weighted by Crippen LogP contribution is 2.23. The molecule has 2 amide bonds. The van der Waals surface area contributed by atoms with Crippen LogP contribution in [0.2, 0.25) is 0 Å². The van der Waals surface area contributed by atoms with E-state index in [-0.39, 0.29) is 23.4 Å². The van der Waals surface area contributed by atoms with Gasteiger partial charge < -0.3 is 21.5 Å². The summed E-state index contributed by atoms with van der Waals surface area (Å²) in [5.74, 6) is -2.03. The molecule has 2 atom stereocenters. The molecule has 5 N–H and O–H groups in total. The van der Waals surface area contributed by atoms with Crippen molar-refractivity contribution in [2.24, 2.45) is 5.73 Å². The molecular formula is C15H27N3O5S. The van der Waals surface area contributed by atoms with Crippen LogP contribution in [-0.4, -0.2) is 57.8 Å². The summed E-state index contributed by atoms with van der Waals surface area (Å²) < 4.78 is -0.118. The van der Waals surface area contributed by atoms with E-state index in [1.807, 2.05) is 20.8 Å². The number of carbonyl (C=O) groups excluding carboxylic acids is 3. The molecule has 0 bridgehead atoms. The van der Waals surface area contributed by atoms with Crippen LogP contribution >= 0.6 is 11.8 Å². The van der Waals surface area contributed by atoms with Crippen LogP contribution in [0.25, 0.3) is 0 Å². The fourth-order valence-electron chi connectivity index (χ4n) is 1.56. The Hall–Kier alpha value is -1.61. The number of nitrogens with two attached hydrogens (primary N) is 1. The lowest BCUT2D eigenvalue weighted by Gasteiger charge is -2.23. The number of ketones is 1. The Morgan fingerprint density at radius 3 is 2.25 bits per heavy atom. The standard InChI is InChI=1S/C15H27N3O5S/c1-9(19)10(16)5-6-12(20)18-11(8-24-15(2,3)4)14(23)17-7-13(21)22/h10-11H,5-8,16H2,1-4H3,(H,17,23)(H,18,20)(H,21,22)/t10-,11-/m0/s1. The maximum absolute atomic E-state index is 12.1. The minimum atomic E-state index is -1.16. The van der Waals surface area contributed by atoms with Crippen molar-refractivity contribution in [3.8, 4) is 0 Å². The molecule has 0 aromatic heterocycles. The van der Waals surface area contributed by atoms with Gasteiger partial charge in [-0.15, -0.1) is 0 Å². The number of hydrogen-bond acceptors (Lipinski definition) is 6. The Kier molecular flexibility index (Phi) is 9.60.